The smallest absolute Gasteiger partial charge is 0.337 e. The summed E-state index contributed by atoms with van der Waals surface area (Å²) < 4.78 is 4.66. The number of nitrogens with zero attached hydrogens (tertiary/aromatic N) is 1. The van der Waals surface area contributed by atoms with Crippen molar-refractivity contribution in [3.05, 3.63) is 53.7 Å². The summed E-state index contributed by atoms with van der Waals surface area (Å²) in [6.07, 6.45) is 7.69. The minimum absolute atomic E-state index is 0.218. The lowest BCUT2D eigenvalue weighted by atomic mass is 9.95. The van der Waals surface area contributed by atoms with E-state index in [0.29, 0.717) is 22.9 Å². The number of hydrogen-bond donors (Lipinski definition) is 2. The van der Waals surface area contributed by atoms with Crippen LogP contribution in [-0.2, 0) is 4.74 Å². The average molecular weight is 353 g/mol. The van der Waals surface area contributed by atoms with Gasteiger partial charge in [-0.15, -0.1) is 0 Å². The van der Waals surface area contributed by atoms with E-state index in [-0.39, 0.29) is 5.91 Å². The molecule has 26 heavy (non-hydrogen) atoms. The first-order valence-electron chi connectivity index (χ1n) is 8.88. The second-order valence-corrected chi connectivity index (χ2v) is 6.43. The predicted molar refractivity (Wildman–Crippen MR) is 100 cm³/mol. The Kier molecular flexibility index (Phi) is 5.84. The first-order chi connectivity index (χ1) is 12.7. The number of carbonyl (C=O) groups is 2. The molecule has 1 aliphatic rings. The van der Waals surface area contributed by atoms with Gasteiger partial charge in [-0.2, -0.15) is 0 Å². The lowest BCUT2D eigenvalue weighted by Gasteiger charge is -2.23. The summed E-state index contributed by atoms with van der Waals surface area (Å²) in [4.78, 5) is 28.2. The molecule has 0 radical (unpaired) electrons. The molecular weight excluding hydrogens is 330 g/mol. The van der Waals surface area contributed by atoms with E-state index >= 15 is 0 Å². The highest BCUT2D eigenvalue weighted by Gasteiger charge is 2.14. The highest BCUT2D eigenvalue weighted by Crippen LogP contribution is 2.21. The number of amides is 1. The Morgan fingerprint density at radius 3 is 2.46 bits per heavy atom. The number of methoxy groups -OCH3 is 1. The molecule has 1 saturated carbocycles. The number of nitrogens with one attached hydrogen (secondary N) is 2. The lowest BCUT2D eigenvalue weighted by molar-refractivity contribution is 0.0600. The number of rotatable bonds is 5. The van der Waals surface area contributed by atoms with Gasteiger partial charge < -0.3 is 15.4 Å². The van der Waals surface area contributed by atoms with Crippen LogP contribution in [0.5, 0.6) is 0 Å². The fourth-order valence-electron chi connectivity index (χ4n) is 3.12. The Hall–Kier alpha value is -2.89. The van der Waals surface area contributed by atoms with Gasteiger partial charge in [0.2, 0.25) is 0 Å². The molecule has 1 aromatic heterocycles. The number of anilines is 2. The molecule has 1 aromatic carbocycles. The number of carbonyl (C=O) groups excluding carboxylic acids is 2. The van der Waals surface area contributed by atoms with Crippen molar-refractivity contribution >= 4 is 23.4 Å². The minimum atomic E-state index is -0.407. The molecule has 6 nitrogen and oxygen atoms in total. The van der Waals surface area contributed by atoms with Crippen molar-refractivity contribution in [1.82, 2.24) is 4.98 Å². The van der Waals surface area contributed by atoms with Gasteiger partial charge in [-0.05, 0) is 49.2 Å². The number of esters is 1. The number of aromatic nitrogens is 1. The van der Waals surface area contributed by atoms with Crippen LogP contribution in [0.25, 0.3) is 0 Å². The van der Waals surface area contributed by atoms with Crippen LogP contribution in [0.1, 0.15) is 52.8 Å². The summed E-state index contributed by atoms with van der Waals surface area (Å²) >= 11 is 0. The summed E-state index contributed by atoms with van der Waals surface area (Å²) in [5.74, 6) is 0.103. The van der Waals surface area contributed by atoms with Crippen LogP contribution in [0.3, 0.4) is 0 Å². The quantitative estimate of drug-likeness (QED) is 0.798. The molecule has 0 aliphatic heterocycles. The fraction of sp³-hybridized carbons (Fsp3) is 0.350. The van der Waals surface area contributed by atoms with Crippen LogP contribution in [0.15, 0.2) is 42.6 Å². The molecule has 1 amide bonds. The van der Waals surface area contributed by atoms with E-state index in [2.05, 4.69) is 20.4 Å². The highest BCUT2D eigenvalue weighted by atomic mass is 16.5. The van der Waals surface area contributed by atoms with Crippen molar-refractivity contribution in [3.63, 3.8) is 0 Å². The van der Waals surface area contributed by atoms with Gasteiger partial charge in [0, 0.05) is 23.5 Å². The maximum atomic E-state index is 12.5. The topological polar surface area (TPSA) is 80.3 Å². The molecule has 3 rings (SSSR count). The minimum Gasteiger partial charge on any atom is -0.465 e. The normalized spacial score (nSPS) is 14.5. The van der Waals surface area contributed by atoms with E-state index in [0.717, 1.165) is 18.7 Å². The van der Waals surface area contributed by atoms with Crippen LogP contribution in [0, 0.1) is 0 Å². The predicted octanol–water partition coefficient (Wildman–Crippen LogP) is 3.87. The molecule has 0 atom stereocenters. The molecule has 2 N–H and O–H groups in total. The van der Waals surface area contributed by atoms with Crippen LogP contribution in [-0.4, -0.2) is 30.0 Å². The lowest BCUT2D eigenvalue weighted by Crippen LogP contribution is -2.23. The van der Waals surface area contributed by atoms with E-state index in [1.54, 1.807) is 42.6 Å². The summed E-state index contributed by atoms with van der Waals surface area (Å²) in [6.45, 7) is 0. The second-order valence-electron chi connectivity index (χ2n) is 6.43. The Labute approximate surface area is 153 Å². The Bertz CT molecular complexity index is 768. The molecule has 1 fully saturated rings. The molecule has 136 valence electrons. The van der Waals surface area contributed by atoms with Gasteiger partial charge in [0.05, 0.1) is 12.7 Å². The summed E-state index contributed by atoms with van der Waals surface area (Å²) in [6, 6.07) is 10.5. The monoisotopic (exact) mass is 353 g/mol. The average Bonchev–Trinajstić information content (AvgIpc) is 2.69. The van der Waals surface area contributed by atoms with E-state index in [1.807, 2.05) is 0 Å². The maximum Gasteiger partial charge on any atom is 0.337 e. The molecule has 0 saturated heterocycles. The van der Waals surface area contributed by atoms with Gasteiger partial charge in [-0.25, -0.2) is 9.78 Å². The van der Waals surface area contributed by atoms with Crippen LogP contribution < -0.4 is 10.6 Å². The Morgan fingerprint density at radius 2 is 1.77 bits per heavy atom. The molecule has 0 unspecified atom stereocenters. The standard InChI is InChI=1S/C20H23N3O3/c1-26-20(25)14-7-9-17(10-8-14)23-19(24)15-11-12-21-18(13-15)22-16-5-3-2-4-6-16/h7-13,16H,2-6H2,1H3,(H,21,22)(H,23,24). The van der Waals surface area contributed by atoms with E-state index in [4.69, 9.17) is 0 Å². The number of pyridine rings is 1. The van der Waals surface area contributed by atoms with Gasteiger partial charge in [-0.3, -0.25) is 4.79 Å². The highest BCUT2D eigenvalue weighted by molar-refractivity contribution is 6.04. The largest absolute Gasteiger partial charge is 0.465 e. The molecule has 2 aromatic rings. The van der Waals surface area contributed by atoms with Gasteiger partial charge >= 0.3 is 5.97 Å². The van der Waals surface area contributed by atoms with Crippen LogP contribution in [0.4, 0.5) is 11.5 Å². The van der Waals surface area contributed by atoms with Gasteiger partial charge in [0.1, 0.15) is 5.82 Å². The molecule has 1 heterocycles. The van der Waals surface area contributed by atoms with Gasteiger partial charge in [0.15, 0.2) is 0 Å². The van der Waals surface area contributed by atoms with Crippen LogP contribution >= 0.6 is 0 Å². The van der Waals surface area contributed by atoms with Gasteiger partial charge in [-0.1, -0.05) is 19.3 Å². The maximum absolute atomic E-state index is 12.5. The van der Waals surface area contributed by atoms with Crippen molar-refractivity contribution in [3.8, 4) is 0 Å². The second kappa shape index (κ2) is 8.47. The fourth-order valence-corrected chi connectivity index (χ4v) is 3.12. The van der Waals surface area contributed by atoms with E-state index in [9.17, 15) is 9.59 Å². The van der Waals surface area contributed by atoms with Crippen molar-refractivity contribution in [2.75, 3.05) is 17.7 Å². The first-order valence-corrected chi connectivity index (χ1v) is 8.88. The number of hydrogen-bond acceptors (Lipinski definition) is 5. The Morgan fingerprint density at radius 1 is 1.04 bits per heavy atom. The summed E-state index contributed by atoms with van der Waals surface area (Å²) in [5, 5.41) is 6.25. The van der Waals surface area contributed by atoms with Crippen molar-refractivity contribution < 1.29 is 14.3 Å². The molecule has 6 heteroatoms. The molecular formula is C20H23N3O3. The van der Waals surface area contributed by atoms with Gasteiger partial charge in [0.25, 0.3) is 5.91 Å². The van der Waals surface area contributed by atoms with E-state index in [1.165, 1.54) is 26.4 Å². The SMILES string of the molecule is COC(=O)c1ccc(NC(=O)c2ccnc(NC3CCCCC3)c2)cc1. The zero-order valence-electron chi connectivity index (χ0n) is 14.8. The van der Waals surface area contributed by atoms with Crippen LogP contribution in [0.2, 0.25) is 0 Å². The zero-order chi connectivity index (χ0) is 18.4. The van der Waals surface area contributed by atoms with Crippen molar-refractivity contribution in [1.29, 1.82) is 0 Å². The number of ether oxygens (including phenoxy) is 1. The molecule has 0 bridgehead atoms. The molecule has 0 spiro atoms. The summed E-state index contributed by atoms with van der Waals surface area (Å²) in [5.41, 5.74) is 1.59. The molecule has 1 aliphatic carbocycles. The third-order valence-corrected chi connectivity index (χ3v) is 4.54. The third kappa shape index (κ3) is 4.59. The third-order valence-electron chi connectivity index (χ3n) is 4.54. The zero-order valence-corrected chi connectivity index (χ0v) is 14.8. The Balaban J connectivity index is 1.64. The van der Waals surface area contributed by atoms with E-state index < -0.39 is 5.97 Å². The van der Waals surface area contributed by atoms with Crippen molar-refractivity contribution in [2.45, 2.75) is 38.1 Å². The van der Waals surface area contributed by atoms with Crippen molar-refractivity contribution in [2.24, 2.45) is 0 Å². The summed E-state index contributed by atoms with van der Waals surface area (Å²) in [7, 11) is 1.33. The number of benzene rings is 1. The first kappa shape index (κ1) is 17.9.